The number of nitrogens with zero attached hydrogens (tertiary/aromatic N) is 1. The molecule has 2 rings (SSSR count). The molecule has 1 atom stereocenters. The minimum Gasteiger partial charge on any atom is -0.392 e. The molecule has 0 aliphatic rings. The van der Waals surface area contributed by atoms with Crippen molar-refractivity contribution in [2.24, 2.45) is 0 Å². The van der Waals surface area contributed by atoms with E-state index in [1.54, 1.807) is 11.3 Å². The summed E-state index contributed by atoms with van der Waals surface area (Å²) in [5, 5.41) is 13.2. The Hall–Kier alpha value is -1.19. The predicted octanol–water partition coefficient (Wildman–Crippen LogP) is 3.21. The Kier molecular flexibility index (Phi) is 4.15. The topological polar surface area (TPSA) is 33.1 Å². The molecule has 1 aromatic carbocycles. The number of aromatic nitrogens is 1. The lowest BCUT2D eigenvalue weighted by molar-refractivity contribution is 0.175. The third kappa shape index (κ3) is 3.40. The fraction of sp³-hybridized carbons (Fsp3) is 0.400. The van der Waals surface area contributed by atoms with Crippen molar-refractivity contribution in [1.82, 2.24) is 4.98 Å². The zero-order valence-electron chi connectivity index (χ0n) is 11.1. The first-order valence-electron chi connectivity index (χ1n) is 6.20. The second-order valence-electron chi connectivity index (χ2n) is 4.87. The summed E-state index contributed by atoms with van der Waals surface area (Å²) < 4.78 is 0. The van der Waals surface area contributed by atoms with Gasteiger partial charge in [0, 0.05) is 17.5 Å². The van der Waals surface area contributed by atoms with E-state index in [1.165, 1.54) is 16.7 Å². The molecule has 0 saturated carbocycles. The molecule has 0 radical (unpaired) electrons. The third-order valence-electron chi connectivity index (χ3n) is 3.04. The molecule has 0 bridgehead atoms. The number of rotatable bonds is 4. The van der Waals surface area contributed by atoms with E-state index in [1.807, 2.05) is 12.3 Å². The van der Waals surface area contributed by atoms with Gasteiger partial charge >= 0.3 is 0 Å². The second-order valence-corrected chi connectivity index (χ2v) is 5.82. The number of aliphatic hydroxyl groups excluding tert-OH is 1. The van der Waals surface area contributed by atoms with Gasteiger partial charge in [-0.3, -0.25) is 0 Å². The minimum absolute atomic E-state index is 0.351. The van der Waals surface area contributed by atoms with Gasteiger partial charge in [0.25, 0.3) is 0 Å². The zero-order valence-corrected chi connectivity index (χ0v) is 11.9. The normalized spacial score (nSPS) is 12.7. The van der Waals surface area contributed by atoms with Crippen LogP contribution in [0, 0.1) is 20.8 Å². The van der Waals surface area contributed by atoms with Gasteiger partial charge in [-0.25, -0.2) is 4.98 Å². The zero-order chi connectivity index (χ0) is 13.1. The van der Waals surface area contributed by atoms with Crippen LogP contribution in [0.1, 0.15) is 27.4 Å². The van der Waals surface area contributed by atoms with E-state index < -0.39 is 0 Å². The maximum Gasteiger partial charge on any atom is 0.0954 e. The van der Waals surface area contributed by atoms with E-state index in [0.717, 1.165) is 10.7 Å². The molecule has 1 N–H and O–H groups in total. The van der Waals surface area contributed by atoms with Gasteiger partial charge < -0.3 is 5.11 Å². The number of aliphatic hydroxyl groups is 1. The van der Waals surface area contributed by atoms with Gasteiger partial charge in [-0.15, -0.1) is 11.3 Å². The molecule has 1 heterocycles. The van der Waals surface area contributed by atoms with Crippen LogP contribution in [0.15, 0.2) is 23.6 Å². The van der Waals surface area contributed by atoms with Crippen LogP contribution in [0.3, 0.4) is 0 Å². The van der Waals surface area contributed by atoms with Crippen LogP contribution in [0.5, 0.6) is 0 Å². The van der Waals surface area contributed by atoms with Crippen molar-refractivity contribution in [1.29, 1.82) is 0 Å². The van der Waals surface area contributed by atoms with E-state index in [2.05, 4.69) is 37.0 Å². The lowest BCUT2D eigenvalue weighted by Gasteiger charge is -2.12. The molecular formula is C15H19NOS. The Morgan fingerprint density at radius 3 is 2.67 bits per heavy atom. The van der Waals surface area contributed by atoms with Crippen molar-refractivity contribution in [2.45, 2.75) is 39.7 Å². The van der Waals surface area contributed by atoms with Crippen LogP contribution >= 0.6 is 11.3 Å². The quantitative estimate of drug-likeness (QED) is 0.916. The van der Waals surface area contributed by atoms with Crippen molar-refractivity contribution < 1.29 is 5.11 Å². The highest BCUT2D eigenvalue weighted by molar-refractivity contribution is 7.09. The van der Waals surface area contributed by atoms with Gasteiger partial charge in [0.15, 0.2) is 0 Å². The maximum atomic E-state index is 10.1. The van der Waals surface area contributed by atoms with Crippen molar-refractivity contribution in [3.05, 3.63) is 51.0 Å². The Balaban J connectivity index is 2.02. The first kappa shape index (κ1) is 13.2. The molecule has 0 aliphatic carbocycles. The van der Waals surface area contributed by atoms with E-state index in [9.17, 15) is 5.11 Å². The summed E-state index contributed by atoms with van der Waals surface area (Å²) in [6.07, 6.45) is 0.994. The molecule has 1 aromatic heterocycles. The Morgan fingerprint density at radius 1 is 1.22 bits per heavy atom. The molecule has 3 heteroatoms. The largest absolute Gasteiger partial charge is 0.392 e. The predicted molar refractivity (Wildman–Crippen MR) is 76.2 cm³/mol. The van der Waals surface area contributed by atoms with Crippen molar-refractivity contribution in [3.8, 4) is 0 Å². The fourth-order valence-electron chi connectivity index (χ4n) is 2.04. The SMILES string of the molecule is Cc1ccc(C)c(CC(O)Cc2nc(C)cs2)c1. The summed E-state index contributed by atoms with van der Waals surface area (Å²) in [7, 11) is 0. The number of benzene rings is 1. The van der Waals surface area contributed by atoms with Crippen molar-refractivity contribution in [2.75, 3.05) is 0 Å². The third-order valence-corrected chi connectivity index (χ3v) is 4.03. The van der Waals surface area contributed by atoms with E-state index in [4.69, 9.17) is 0 Å². The molecule has 0 saturated heterocycles. The standard InChI is InChI=1S/C15H19NOS/c1-10-4-5-11(2)13(6-10)7-14(17)8-15-16-12(3)9-18-15/h4-6,9,14,17H,7-8H2,1-3H3. The highest BCUT2D eigenvalue weighted by atomic mass is 32.1. The van der Waals surface area contributed by atoms with Crippen LogP contribution in [-0.2, 0) is 12.8 Å². The lowest BCUT2D eigenvalue weighted by Crippen LogP contribution is -2.14. The van der Waals surface area contributed by atoms with Crippen molar-refractivity contribution in [3.63, 3.8) is 0 Å². The van der Waals surface area contributed by atoms with E-state index >= 15 is 0 Å². The van der Waals surface area contributed by atoms with Gasteiger partial charge in [0.05, 0.1) is 11.1 Å². The molecule has 2 aromatic rings. The number of hydrogen-bond acceptors (Lipinski definition) is 3. The highest BCUT2D eigenvalue weighted by Gasteiger charge is 2.11. The van der Waals surface area contributed by atoms with Crippen LogP contribution in [0.2, 0.25) is 0 Å². The van der Waals surface area contributed by atoms with Crippen LogP contribution < -0.4 is 0 Å². The van der Waals surface area contributed by atoms with Gasteiger partial charge in [-0.1, -0.05) is 23.8 Å². The first-order valence-corrected chi connectivity index (χ1v) is 7.08. The Morgan fingerprint density at radius 2 is 2.00 bits per heavy atom. The maximum absolute atomic E-state index is 10.1. The fourth-order valence-corrected chi connectivity index (χ4v) is 2.89. The van der Waals surface area contributed by atoms with Crippen LogP contribution in [-0.4, -0.2) is 16.2 Å². The monoisotopic (exact) mass is 261 g/mol. The summed E-state index contributed by atoms with van der Waals surface area (Å²) in [5.74, 6) is 0. The summed E-state index contributed by atoms with van der Waals surface area (Å²) in [4.78, 5) is 4.39. The van der Waals surface area contributed by atoms with E-state index in [-0.39, 0.29) is 6.10 Å². The number of hydrogen-bond donors (Lipinski definition) is 1. The molecule has 0 fully saturated rings. The molecule has 1 unspecified atom stereocenters. The Labute approximate surface area is 112 Å². The summed E-state index contributed by atoms with van der Waals surface area (Å²) >= 11 is 1.62. The average Bonchev–Trinajstić information content (AvgIpc) is 2.69. The van der Waals surface area contributed by atoms with Gasteiger partial charge in [-0.2, -0.15) is 0 Å². The summed E-state index contributed by atoms with van der Waals surface area (Å²) in [6, 6.07) is 6.38. The molecule has 18 heavy (non-hydrogen) atoms. The average molecular weight is 261 g/mol. The van der Waals surface area contributed by atoms with E-state index in [0.29, 0.717) is 12.8 Å². The number of aryl methyl sites for hydroxylation is 3. The minimum atomic E-state index is -0.351. The van der Waals surface area contributed by atoms with Gasteiger partial charge in [0.2, 0.25) is 0 Å². The number of thiazole rings is 1. The summed E-state index contributed by atoms with van der Waals surface area (Å²) in [5.41, 5.74) is 4.76. The lowest BCUT2D eigenvalue weighted by atomic mass is 9.99. The molecule has 0 spiro atoms. The van der Waals surface area contributed by atoms with Crippen molar-refractivity contribution >= 4 is 11.3 Å². The van der Waals surface area contributed by atoms with Gasteiger partial charge in [-0.05, 0) is 38.3 Å². The van der Waals surface area contributed by atoms with Crippen LogP contribution in [0.25, 0.3) is 0 Å². The molecule has 2 nitrogen and oxygen atoms in total. The molecule has 0 amide bonds. The van der Waals surface area contributed by atoms with Crippen LogP contribution in [0.4, 0.5) is 0 Å². The molecule has 96 valence electrons. The Bertz CT molecular complexity index is 533. The molecule has 0 aliphatic heterocycles. The smallest absolute Gasteiger partial charge is 0.0954 e. The highest BCUT2D eigenvalue weighted by Crippen LogP contribution is 2.16. The first-order chi connectivity index (χ1) is 8.54. The summed E-state index contributed by atoms with van der Waals surface area (Å²) in [6.45, 7) is 6.16. The molecular weight excluding hydrogens is 242 g/mol. The second kappa shape index (κ2) is 5.63. The van der Waals surface area contributed by atoms with Gasteiger partial charge in [0.1, 0.15) is 0 Å².